The van der Waals surface area contributed by atoms with Gasteiger partial charge in [-0.3, -0.25) is 4.79 Å². The van der Waals surface area contributed by atoms with Gasteiger partial charge in [-0.15, -0.1) is 0 Å². The van der Waals surface area contributed by atoms with Crippen LogP contribution in [0.3, 0.4) is 0 Å². The van der Waals surface area contributed by atoms with Crippen molar-refractivity contribution in [2.24, 2.45) is 0 Å². The Morgan fingerprint density at radius 1 is 1.33 bits per heavy atom. The number of carbonyl (C=O) groups is 1. The third-order valence-corrected chi connectivity index (χ3v) is 3.10. The third kappa shape index (κ3) is 4.49. The molecule has 3 heteroatoms. The van der Waals surface area contributed by atoms with Crippen LogP contribution in [-0.4, -0.2) is 29.0 Å². The first-order chi connectivity index (χ1) is 7.24. The van der Waals surface area contributed by atoms with Crippen molar-refractivity contribution < 1.29 is 9.90 Å². The first-order valence-electron chi connectivity index (χ1n) is 5.02. The molecule has 0 atom stereocenters. The molecule has 0 saturated heterocycles. The van der Waals surface area contributed by atoms with E-state index >= 15 is 0 Å². The van der Waals surface area contributed by atoms with Crippen LogP contribution in [0.25, 0.3) is 0 Å². The maximum absolute atomic E-state index is 11.6. The Balaban J connectivity index is 2.37. The molecule has 0 spiro atoms. The summed E-state index contributed by atoms with van der Waals surface area (Å²) in [6.45, 7) is 2.20. The molecule has 1 aromatic carbocycles. The average molecular weight is 224 g/mol. The summed E-state index contributed by atoms with van der Waals surface area (Å²) < 4.78 is 0. The zero-order valence-corrected chi connectivity index (χ0v) is 9.72. The van der Waals surface area contributed by atoms with Crippen molar-refractivity contribution in [3.8, 4) is 0 Å². The van der Waals surface area contributed by atoms with E-state index in [1.807, 2.05) is 31.2 Å². The quantitative estimate of drug-likeness (QED) is 0.595. The molecule has 0 aliphatic carbocycles. The SMILES string of the molecule is Cc1ccc(C(=O)CSCCCO)cc1. The fourth-order valence-electron chi connectivity index (χ4n) is 1.15. The van der Waals surface area contributed by atoms with Crippen LogP contribution in [0.1, 0.15) is 22.3 Å². The fraction of sp³-hybridized carbons (Fsp3) is 0.417. The Bertz CT molecular complexity index is 306. The molecule has 0 radical (unpaired) electrons. The number of aryl methyl sites for hydroxylation is 1. The summed E-state index contributed by atoms with van der Waals surface area (Å²) in [6.07, 6.45) is 0.756. The minimum Gasteiger partial charge on any atom is -0.396 e. The molecule has 1 aromatic rings. The summed E-state index contributed by atoms with van der Waals surface area (Å²) in [6, 6.07) is 7.63. The molecular weight excluding hydrogens is 208 g/mol. The molecule has 0 unspecified atom stereocenters. The van der Waals surface area contributed by atoms with Crippen LogP contribution < -0.4 is 0 Å². The highest BCUT2D eigenvalue weighted by molar-refractivity contribution is 7.99. The van der Waals surface area contributed by atoms with Gasteiger partial charge in [-0.05, 0) is 19.1 Å². The number of rotatable bonds is 6. The van der Waals surface area contributed by atoms with Crippen molar-refractivity contribution in [1.82, 2.24) is 0 Å². The highest BCUT2D eigenvalue weighted by Gasteiger charge is 2.04. The number of ketones is 1. The highest BCUT2D eigenvalue weighted by atomic mass is 32.2. The number of benzene rings is 1. The van der Waals surface area contributed by atoms with Gasteiger partial charge in [0.05, 0.1) is 5.75 Å². The standard InChI is InChI=1S/C12H16O2S/c1-10-3-5-11(6-4-10)12(14)9-15-8-2-7-13/h3-6,13H,2,7-9H2,1H3. The lowest BCUT2D eigenvalue weighted by Crippen LogP contribution is -2.03. The van der Waals surface area contributed by atoms with E-state index in [-0.39, 0.29) is 12.4 Å². The summed E-state index contributed by atoms with van der Waals surface area (Å²) in [5.74, 6) is 1.51. The van der Waals surface area contributed by atoms with E-state index in [1.165, 1.54) is 5.56 Å². The van der Waals surface area contributed by atoms with Gasteiger partial charge in [0, 0.05) is 12.2 Å². The van der Waals surface area contributed by atoms with Crippen molar-refractivity contribution in [3.05, 3.63) is 35.4 Å². The van der Waals surface area contributed by atoms with Crippen LogP contribution in [0.15, 0.2) is 24.3 Å². The van der Waals surface area contributed by atoms with Gasteiger partial charge in [0.25, 0.3) is 0 Å². The second-order valence-corrected chi connectivity index (χ2v) is 4.52. The largest absolute Gasteiger partial charge is 0.396 e. The van der Waals surface area contributed by atoms with E-state index in [9.17, 15) is 4.79 Å². The van der Waals surface area contributed by atoms with E-state index in [1.54, 1.807) is 11.8 Å². The molecule has 82 valence electrons. The number of thioether (sulfide) groups is 1. The maximum atomic E-state index is 11.6. The van der Waals surface area contributed by atoms with E-state index < -0.39 is 0 Å². The summed E-state index contributed by atoms with van der Waals surface area (Å²) in [4.78, 5) is 11.6. The Hall–Kier alpha value is -0.800. The Morgan fingerprint density at radius 3 is 2.60 bits per heavy atom. The van der Waals surface area contributed by atoms with Gasteiger partial charge in [0.15, 0.2) is 5.78 Å². The molecule has 0 saturated carbocycles. The number of hydrogen-bond donors (Lipinski definition) is 1. The van der Waals surface area contributed by atoms with Gasteiger partial charge in [-0.2, -0.15) is 11.8 Å². The van der Waals surface area contributed by atoms with E-state index in [0.717, 1.165) is 17.7 Å². The molecule has 0 amide bonds. The smallest absolute Gasteiger partial charge is 0.172 e. The Kier molecular flexibility index (Phi) is 5.43. The van der Waals surface area contributed by atoms with Crippen LogP contribution in [0, 0.1) is 6.92 Å². The Labute approximate surface area is 94.7 Å². The van der Waals surface area contributed by atoms with Gasteiger partial charge in [0.1, 0.15) is 0 Å². The van der Waals surface area contributed by atoms with Crippen molar-refractivity contribution in [1.29, 1.82) is 0 Å². The molecule has 0 heterocycles. The minimum absolute atomic E-state index is 0.165. The lowest BCUT2D eigenvalue weighted by Gasteiger charge is -2.01. The molecule has 1 N–H and O–H groups in total. The van der Waals surface area contributed by atoms with E-state index in [0.29, 0.717) is 5.75 Å². The van der Waals surface area contributed by atoms with Gasteiger partial charge in [0.2, 0.25) is 0 Å². The zero-order valence-electron chi connectivity index (χ0n) is 8.90. The Morgan fingerprint density at radius 2 is 2.00 bits per heavy atom. The molecule has 15 heavy (non-hydrogen) atoms. The van der Waals surface area contributed by atoms with E-state index in [2.05, 4.69) is 0 Å². The molecule has 0 bridgehead atoms. The number of hydrogen-bond acceptors (Lipinski definition) is 3. The van der Waals surface area contributed by atoms with Gasteiger partial charge in [-0.1, -0.05) is 29.8 Å². The molecule has 1 rings (SSSR count). The van der Waals surface area contributed by atoms with Crippen LogP contribution in [0.5, 0.6) is 0 Å². The zero-order chi connectivity index (χ0) is 11.1. The van der Waals surface area contributed by atoms with Crippen molar-refractivity contribution in [3.63, 3.8) is 0 Å². The summed E-state index contributed by atoms with van der Waals surface area (Å²) in [5.41, 5.74) is 1.94. The average Bonchev–Trinajstić information content (AvgIpc) is 2.25. The van der Waals surface area contributed by atoms with Crippen molar-refractivity contribution in [2.75, 3.05) is 18.1 Å². The van der Waals surface area contributed by atoms with Crippen molar-refractivity contribution >= 4 is 17.5 Å². The summed E-state index contributed by atoms with van der Waals surface area (Å²) in [7, 11) is 0. The lowest BCUT2D eigenvalue weighted by atomic mass is 10.1. The number of aliphatic hydroxyl groups excluding tert-OH is 1. The van der Waals surface area contributed by atoms with Crippen LogP contribution in [0.2, 0.25) is 0 Å². The third-order valence-electron chi connectivity index (χ3n) is 2.05. The molecular formula is C12H16O2S. The van der Waals surface area contributed by atoms with Gasteiger partial charge < -0.3 is 5.11 Å². The number of carbonyl (C=O) groups excluding carboxylic acids is 1. The van der Waals surface area contributed by atoms with Gasteiger partial charge >= 0.3 is 0 Å². The molecule has 0 aliphatic heterocycles. The summed E-state index contributed by atoms with van der Waals surface area (Å²) in [5, 5.41) is 8.58. The van der Waals surface area contributed by atoms with Crippen LogP contribution in [0.4, 0.5) is 0 Å². The normalized spacial score (nSPS) is 10.3. The fourth-order valence-corrected chi connectivity index (χ4v) is 1.98. The second kappa shape index (κ2) is 6.64. The van der Waals surface area contributed by atoms with E-state index in [4.69, 9.17) is 5.11 Å². The highest BCUT2D eigenvalue weighted by Crippen LogP contribution is 2.09. The first-order valence-corrected chi connectivity index (χ1v) is 6.18. The van der Waals surface area contributed by atoms with Crippen molar-refractivity contribution in [2.45, 2.75) is 13.3 Å². The maximum Gasteiger partial charge on any atom is 0.172 e. The number of aliphatic hydroxyl groups is 1. The van der Waals surface area contributed by atoms with Crippen LogP contribution >= 0.6 is 11.8 Å². The second-order valence-electron chi connectivity index (χ2n) is 3.42. The topological polar surface area (TPSA) is 37.3 Å². The first kappa shape index (κ1) is 12.3. The van der Waals surface area contributed by atoms with Crippen LogP contribution in [-0.2, 0) is 0 Å². The predicted molar refractivity (Wildman–Crippen MR) is 64.5 cm³/mol. The predicted octanol–water partition coefficient (Wildman–Crippen LogP) is 2.29. The number of Topliss-reactive ketones (excluding diaryl/α,β-unsaturated/α-hetero) is 1. The van der Waals surface area contributed by atoms with Gasteiger partial charge in [-0.25, -0.2) is 0 Å². The molecule has 0 aliphatic rings. The minimum atomic E-state index is 0.165. The monoisotopic (exact) mass is 224 g/mol. The summed E-state index contributed by atoms with van der Waals surface area (Å²) >= 11 is 1.58. The molecule has 0 fully saturated rings. The molecule has 2 nitrogen and oxygen atoms in total. The lowest BCUT2D eigenvalue weighted by molar-refractivity contribution is 0.102. The molecule has 0 aromatic heterocycles.